The molecule has 0 spiro atoms. The molecule has 0 aromatic rings. The lowest BCUT2D eigenvalue weighted by Crippen LogP contribution is -2.34. The molecule has 0 saturated heterocycles. The molecule has 1 atom stereocenters. The molecule has 0 bridgehead atoms. The molecule has 1 unspecified atom stereocenters. The Morgan fingerprint density at radius 3 is 2.40 bits per heavy atom. The highest BCUT2D eigenvalue weighted by molar-refractivity contribution is 4.79. The van der Waals surface area contributed by atoms with Crippen LogP contribution in [0.2, 0.25) is 0 Å². The lowest BCUT2D eigenvalue weighted by molar-refractivity contribution is 0.126. The summed E-state index contributed by atoms with van der Waals surface area (Å²) in [6, 6.07) is 0.370. The number of hydrogen-bond acceptors (Lipinski definition) is 2. The van der Waals surface area contributed by atoms with Crippen LogP contribution in [0.25, 0.3) is 0 Å². The van der Waals surface area contributed by atoms with Crippen LogP contribution in [0.4, 0.5) is 0 Å². The van der Waals surface area contributed by atoms with Crippen molar-refractivity contribution in [2.45, 2.75) is 58.4 Å². The zero-order valence-electron chi connectivity index (χ0n) is 10.4. The molecule has 1 rings (SSSR count). The van der Waals surface area contributed by atoms with Crippen LogP contribution in [0, 0.1) is 11.8 Å². The predicted molar refractivity (Wildman–Crippen MR) is 64.8 cm³/mol. The van der Waals surface area contributed by atoms with Crippen molar-refractivity contribution in [2.24, 2.45) is 17.6 Å². The van der Waals surface area contributed by atoms with Crippen molar-refractivity contribution < 1.29 is 4.74 Å². The second-order valence-corrected chi connectivity index (χ2v) is 4.84. The first-order valence-corrected chi connectivity index (χ1v) is 6.61. The highest BCUT2D eigenvalue weighted by Crippen LogP contribution is 2.32. The Morgan fingerprint density at radius 1 is 1.20 bits per heavy atom. The number of rotatable bonds is 6. The third-order valence-corrected chi connectivity index (χ3v) is 3.87. The van der Waals surface area contributed by atoms with Gasteiger partial charge < -0.3 is 10.5 Å². The first kappa shape index (κ1) is 13.0. The van der Waals surface area contributed by atoms with Gasteiger partial charge in [-0.05, 0) is 38.0 Å². The molecule has 0 radical (unpaired) electrons. The topological polar surface area (TPSA) is 35.2 Å². The summed E-state index contributed by atoms with van der Waals surface area (Å²) in [7, 11) is 0. The fraction of sp³-hybridized carbons (Fsp3) is 1.00. The van der Waals surface area contributed by atoms with E-state index in [1.807, 2.05) is 6.92 Å². The normalized spacial score (nSPS) is 29.0. The lowest BCUT2D eigenvalue weighted by Gasteiger charge is -2.31. The van der Waals surface area contributed by atoms with Gasteiger partial charge in [-0.3, -0.25) is 0 Å². The van der Waals surface area contributed by atoms with Crippen molar-refractivity contribution in [3.05, 3.63) is 0 Å². The quantitative estimate of drug-likeness (QED) is 0.688. The van der Waals surface area contributed by atoms with Gasteiger partial charge in [0.15, 0.2) is 0 Å². The number of hydrogen-bond donors (Lipinski definition) is 1. The van der Waals surface area contributed by atoms with Crippen molar-refractivity contribution in [1.82, 2.24) is 0 Å². The summed E-state index contributed by atoms with van der Waals surface area (Å²) in [6.45, 7) is 6.00. The molecule has 2 N–H and O–H groups in total. The van der Waals surface area contributed by atoms with Gasteiger partial charge in [0, 0.05) is 19.3 Å². The summed E-state index contributed by atoms with van der Waals surface area (Å²) in [5.41, 5.74) is 6.20. The summed E-state index contributed by atoms with van der Waals surface area (Å²) >= 11 is 0. The average Bonchev–Trinajstić information content (AvgIpc) is 2.29. The molecule has 0 heterocycles. The van der Waals surface area contributed by atoms with Gasteiger partial charge in [-0.25, -0.2) is 0 Å². The van der Waals surface area contributed by atoms with E-state index >= 15 is 0 Å². The largest absolute Gasteiger partial charge is 0.382 e. The second kappa shape index (κ2) is 7.24. The van der Waals surface area contributed by atoms with E-state index in [0.717, 1.165) is 31.5 Å². The molecule has 2 heteroatoms. The van der Waals surface area contributed by atoms with Gasteiger partial charge in [0.05, 0.1) is 0 Å². The molecule has 0 aromatic heterocycles. The molecule has 0 amide bonds. The van der Waals surface area contributed by atoms with Gasteiger partial charge in [0.2, 0.25) is 0 Å². The van der Waals surface area contributed by atoms with Gasteiger partial charge in [-0.15, -0.1) is 0 Å². The molecular formula is C13H27NO. The van der Waals surface area contributed by atoms with E-state index < -0.39 is 0 Å². The molecule has 2 nitrogen and oxygen atoms in total. The third kappa shape index (κ3) is 4.52. The highest BCUT2D eigenvalue weighted by atomic mass is 16.5. The maximum Gasteiger partial charge on any atom is 0.0480 e. The Kier molecular flexibility index (Phi) is 6.26. The Balaban J connectivity index is 2.15. The molecule has 0 aliphatic heterocycles. The van der Waals surface area contributed by atoms with Gasteiger partial charge in [0.25, 0.3) is 0 Å². The minimum atomic E-state index is 0.370. The minimum Gasteiger partial charge on any atom is -0.382 e. The van der Waals surface area contributed by atoms with Crippen LogP contribution in [0.3, 0.4) is 0 Å². The Labute approximate surface area is 94.6 Å². The standard InChI is InChI=1S/C13H27NO/c1-3-11-5-7-12(8-6-11)13(14)9-10-15-4-2/h11-13H,3-10,14H2,1-2H3. The minimum absolute atomic E-state index is 0.370. The van der Waals surface area contributed by atoms with Crippen molar-refractivity contribution in [1.29, 1.82) is 0 Å². The molecule has 1 aliphatic carbocycles. The van der Waals surface area contributed by atoms with Crippen LogP contribution in [0.15, 0.2) is 0 Å². The van der Waals surface area contributed by atoms with E-state index in [0.29, 0.717) is 6.04 Å². The van der Waals surface area contributed by atoms with E-state index in [9.17, 15) is 0 Å². The van der Waals surface area contributed by atoms with Crippen LogP contribution in [0.1, 0.15) is 52.4 Å². The molecule has 1 fully saturated rings. The van der Waals surface area contributed by atoms with Gasteiger partial charge in [0.1, 0.15) is 0 Å². The smallest absolute Gasteiger partial charge is 0.0480 e. The number of nitrogens with two attached hydrogens (primary N) is 1. The molecule has 0 aromatic carbocycles. The van der Waals surface area contributed by atoms with E-state index in [1.165, 1.54) is 32.1 Å². The Morgan fingerprint density at radius 2 is 1.87 bits per heavy atom. The Bertz CT molecular complexity index is 153. The SMILES string of the molecule is CCOCCC(N)C1CCC(CC)CC1. The molecule has 90 valence electrons. The molecular weight excluding hydrogens is 186 g/mol. The second-order valence-electron chi connectivity index (χ2n) is 4.84. The predicted octanol–water partition coefficient (Wildman–Crippen LogP) is 2.96. The first-order chi connectivity index (χ1) is 7.27. The first-order valence-electron chi connectivity index (χ1n) is 6.61. The number of ether oxygens (including phenoxy) is 1. The van der Waals surface area contributed by atoms with Gasteiger partial charge >= 0.3 is 0 Å². The van der Waals surface area contributed by atoms with Crippen molar-refractivity contribution >= 4 is 0 Å². The molecule has 15 heavy (non-hydrogen) atoms. The van der Waals surface area contributed by atoms with Crippen LogP contribution in [-0.2, 0) is 4.74 Å². The summed E-state index contributed by atoms with van der Waals surface area (Å²) in [5.74, 6) is 1.73. The molecule has 1 aliphatic rings. The van der Waals surface area contributed by atoms with Crippen LogP contribution in [-0.4, -0.2) is 19.3 Å². The van der Waals surface area contributed by atoms with Crippen LogP contribution in [0.5, 0.6) is 0 Å². The maximum absolute atomic E-state index is 6.20. The van der Waals surface area contributed by atoms with Gasteiger partial charge in [-0.1, -0.05) is 26.2 Å². The maximum atomic E-state index is 6.20. The molecule has 1 saturated carbocycles. The highest BCUT2D eigenvalue weighted by Gasteiger charge is 2.24. The zero-order valence-corrected chi connectivity index (χ0v) is 10.4. The lowest BCUT2D eigenvalue weighted by atomic mass is 9.77. The zero-order chi connectivity index (χ0) is 11.1. The monoisotopic (exact) mass is 213 g/mol. The Hall–Kier alpha value is -0.0800. The van der Waals surface area contributed by atoms with E-state index in [2.05, 4.69) is 6.92 Å². The van der Waals surface area contributed by atoms with Crippen molar-refractivity contribution in [2.75, 3.05) is 13.2 Å². The summed E-state index contributed by atoms with van der Waals surface area (Å²) < 4.78 is 5.36. The summed E-state index contributed by atoms with van der Waals surface area (Å²) in [4.78, 5) is 0. The fourth-order valence-electron chi connectivity index (χ4n) is 2.62. The van der Waals surface area contributed by atoms with E-state index in [1.54, 1.807) is 0 Å². The fourth-order valence-corrected chi connectivity index (χ4v) is 2.62. The van der Waals surface area contributed by atoms with Crippen LogP contribution < -0.4 is 5.73 Å². The van der Waals surface area contributed by atoms with Gasteiger partial charge in [-0.2, -0.15) is 0 Å². The van der Waals surface area contributed by atoms with E-state index in [-0.39, 0.29) is 0 Å². The third-order valence-electron chi connectivity index (χ3n) is 3.87. The van der Waals surface area contributed by atoms with E-state index in [4.69, 9.17) is 10.5 Å². The summed E-state index contributed by atoms with van der Waals surface area (Å²) in [5, 5.41) is 0. The van der Waals surface area contributed by atoms with Crippen LogP contribution >= 0.6 is 0 Å². The van der Waals surface area contributed by atoms with Crippen molar-refractivity contribution in [3.63, 3.8) is 0 Å². The average molecular weight is 213 g/mol. The summed E-state index contributed by atoms with van der Waals surface area (Å²) in [6.07, 6.45) is 7.85. The van der Waals surface area contributed by atoms with Crippen molar-refractivity contribution in [3.8, 4) is 0 Å².